The summed E-state index contributed by atoms with van der Waals surface area (Å²) in [5.74, 6) is 0.249. The Hall–Kier alpha value is -0.920. The third-order valence-electron chi connectivity index (χ3n) is 3.34. The molecule has 0 saturated heterocycles. The van der Waals surface area contributed by atoms with Crippen LogP contribution in [0, 0.1) is 11.3 Å². The molecule has 114 valence electrons. The van der Waals surface area contributed by atoms with Gasteiger partial charge in [0.1, 0.15) is 4.21 Å². The van der Waals surface area contributed by atoms with E-state index in [-0.39, 0.29) is 22.0 Å². The summed E-state index contributed by atoms with van der Waals surface area (Å²) in [6, 6.07) is 3.05. The summed E-state index contributed by atoms with van der Waals surface area (Å²) in [6.07, 6.45) is 0.178. The average Bonchev–Trinajstić information content (AvgIpc) is 2.72. The minimum atomic E-state index is -3.68. The zero-order valence-electron chi connectivity index (χ0n) is 12.3. The van der Waals surface area contributed by atoms with Crippen molar-refractivity contribution in [1.82, 2.24) is 5.32 Å². The summed E-state index contributed by atoms with van der Waals surface area (Å²) >= 11 is 1.03. The van der Waals surface area contributed by atoms with Crippen LogP contribution in [0.5, 0.6) is 0 Å². The average molecular weight is 318 g/mol. The van der Waals surface area contributed by atoms with Crippen molar-refractivity contribution in [1.29, 1.82) is 0 Å². The molecular formula is C13H22N2O3S2. The topological polar surface area (TPSA) is 89.3 Å². The second kappa shape index (κ2) is 6.24. The van der Waals surface area contributed by atoms with Crippen molar-refractivity contribution in [3.8, 4) is 0 Å². The minimum absolute atomic E-state index is 0.0864. The molecule has 5 nitrogen and oxygen atoms in total. The molecule has 20 heavy (non-hydrogen) atoms. The summed E-state index contributed by atoms with van der Waals surface area (Å²) in [7, 11) is -3.68. The van der Waals surface area contributed by atoms with E-state index in [1.54, 1.807) is 6.07 Å². The van der Waals surface area contributed by atoms with E-state index in [2.05, 4.69) is 33.0 Å². The zero-order valence-corrected chi connectivity index (χ0v) is 13.9. The summed E-state index contributed by atoms with van der Waals surface area (Å²) in [5, 5.41) is 7.90. The van der Waals surface area contributed by atoms with Crippen LogP contribution in [0.4, 0.5) is 0 Å². The van der Waals surface area contributed by atoms with Crippen LogP contribution in [0.2, 0.25) is 0 Å². The number of primary sulfonamides is 1. The maximum Gasteiger partial charge on any atom is 0.247 e. The number of carbonyl (C=O) groups excluding carboxylic acids is 1. The Bertz CT molecular complexity index is 571. The molecule has 0 aliphatic heterocycles. The third-order valence-corrected chi connectivity index (χ3v) is 5.86. The number of sulfonamides is 1. The summed E-state index contributed by atoms with van der Waals surface area (Å²) < 4.78 is 22.4. The van der Waals surface area contributed by atoms with Crippen molar-refractivity contribution < 1.29 is 13.2 Å². The van der Waals surface area contributed by atoms with Gasteiger partial charge in [-0.2, -0.15) is 0 Å². The molecule has 1 unspecified atom stereocenters. The van der Waals surface area contributed by atoms with E-state index >= 15 is 0 Å². The smallest absolute Gasteiger partial charge is 0.247 e. The molecule has 1 atom stereocenters. The number of amides is 1. The monoisotopic (exact) mass is 318 g/mol. The van der Waals surface area contributed by atoms with Gasteiger partial charge < -0.3 is 5.32 Å². The van der Waals surface area contributed by atoms with Gasteiger partial charge in [-0.1, -0.05) is 27.7 Å². The fourth-order valence-corrected chi connectivity index (χ4v) is 3.18. The van der Waals surface area contributed by atoms with Crippen molar-refractivity contribution in [2.45, 2.75) is 38.3 Å². The Labute approximate surface area is 124 Å². The molecule has 1 heterocycles. The Balaban J connectivity index is 2.54. The second-order valence-corrected chi connectivity index (χ2v) is 8.97. The van der Waals surface area contributed by atoms with Crippen molar-refractivity contribution >= 4 is 27.3 Å². The highest BCUT2D eigenvalue weighted by Gasteiger charge is 2.20. The van der Waals surface area contributed by atoms with Gasteiger partial charge in [-0.25, -0.2) is 13.6 Å². The molecule has 0 bridgehead atoms. The fourth-order valence-electron chi connectivity index (χ4n) is 1.40. The van der Waals surface area contributed by atoms with Gasteiger partial charge in [0.25, 0.3) is 0 Å². The number of thiophene rings is 1. The van der Waals surface area contributed by atoms with Crippen LogP contribution in [0.15, 0.2) is 16.3 Å². The number of rotatable bonds is 5. The first kappa shape index (κ1) is 17.1. The lowest BCUT2D eigenvalue weighted by Crippen LogP contribution is -2.34. The van der Waals surface area contributed by atoms with E-state index < -0.39 is 10.0 Å². The lowest BCUT2D eigenvalue weighted by Gasteiger charge is -2.27. The second-order valence-electron chi connectivity index (χ2n) is 6.01. The molecule has 3 N–H and O–H groups in total. The Kier molecular flexibility index (Phi) is 5.34. The molecule has 1 aromatic heterocycles. The van der Waals surface area contributed by atoms with Crippen LogP contribution >= 0.6 is 11.3 Å². The Morgan fingerprint density at radius 1 is 1.40 bits per heavy atom. The normalized spacial score (nSPS) is 14.1. The van der Waals surface area contributed by atoms with E-state index in [0.717, 1.165) is 11.3 Å². The molecule has 1 rings (SSSR count). The van der Waals surface area contributed by atoms with Crippen molar-refractivity contribution in [3.63, 3.8) is 0 Å². The fraction of sp³-hybridized carbons (Fsp3) is 0.615. The zero-order chi connectivity index (χ0) is 15.6. The van der Waals surface area contributed by atoms with Crippen molar-refractivity contribution in [2.24, 2.45) is 16.5 Å². The molecule has 0 spiro atoms. The summed E-state index contributed by atoms with van der Waals surface area (Å²) in [6.45, 7) is 9.07. The van der Waals surface area contributed by atoms with E-state index in [1.807, 2.05) is 0 Å². The number of hydrogen-bond acceptors (Lipinski definition) is 4. The largest absolute Gasteiger partial charge is 0.356 e. The van der Waals surface area contributed by atoms with Crippen LogP contribution in [-0.4, -0.2) is 20.9 Å². The maximum absolute atomic E-state index is 11.8. The Morgan fingerprint density at radius 2 is 2.00 bits per heavy atom. The van der Waals surface area contributed by atoms with Gasteiger partial charge >= 0.3 is 0 Å². The first-order chi connectivity index (χ1) is 9.00. The van der Waals surface area contributed by atoms with Gasteiger partial charge in [0, 0.05) is 11.4 Å². The third kappa shape index (κ3) is 5.22. The quantitative estimate of drug-likeness (QED) is 0.866. The standard InChI is InChI=1S/C13H22N2O3S2/c1-9(13(2,3)4)8-15-11(16)7-10-5-6-12(19-10)20(14,17)18/h5-6,9H,7-8H2,1-4H3,(H,15,16)(H2,14,17,18). The van der Waals surface area contributed by atoms with Crippen LogP contribution in [-0.2, 0) is 21.2 Å². The van der Waals surface area contributed by atoms with Crippen molar-refractivity contribution in [3.05, 3.63) is 17.0 Å². The van der Waals surface area contributed by atoms with Crippen LogP contribution < -0.4 is 10.5 Å². The number of nitrogens with two attached hydrogens (primary N) is 1. The lowest BCUT2D eigenvalue weighted by molar-refractivity contribution is -0.120. The highest BCUT2D eigenvalue weighted by atomic mass is 32.2. The Morgan fingerprint density at radius 3 is 2.45 bits per heavy atom. The maximum atomic E-state index is 11.8. The van der Waals surface area contributed by atoms with E-state index in [0.29, 0.717) is 17.3 Å². The highest BCUT2D eigenvalue weighted by Crippen LogP contribution is 2.24. The van der Waals surface area contributed by atoms with Crippen molar-refractivity contribution in [2.75, 3.05) is 6.54 Å². The molecule has 7 heteroatoms. The molecule has 0 aromatic carbocycles. The van der Waals surface area contributed by atoms with Crippen LogP contribution in [0.3, 0.4) is 0 Å². The molecule has 1 amide bonds. The molecule has 0 saturated carbocycles. The molecule has 1 aromatic rings. The molecule has 0 aliphatic carbocycles. The molecule has 0 fully saturated rings. The van der Waals surface area contributed by atoms with Gasteiger partial charge in [0.2, 0.25) is 15.9 Å². The predicted molar refractivity (Wildman–Crippen MR) is 81.0 cm³/mol. The van der Waals surface area contributed by atoms with Crippen LogP contribution in [0.25, 0.3) is 0 Å². The van der Waals surface area contributed by atoms with E-state index in [1.165, 1.54) is 6.07 Å². The van der Waals surface area contributed by atoms with Gasteiger partial charge in [-0.15, -0.1) is 11.3 Å². The van der Waals surface area contributed by atoms with Crippen LogP contribution in [0.1, 0.15) is 32.6 Å². The SMILES string of the molecule is CC(CNC(=O)Cc1ccc(S(N)(=O)=O)s1)C(C)(C)C. The van der Waals surface area contributed by atoms with E-state index in [4.69, 9.17) is 5.14 Å². The number of carbonyl (C=O) groups is 1. The van der Waals surface area contributed by atoms with Gasteiger partial charge in [-0.05, 0) is 23.5 Å². The molecular weight excluding hydrogens is 296 g/mol. The van der Waals surface area contributed by atoms with Gasteiger partial charge in [0.05, 0.1) is 6.42 Å². The number of hydrogen-bond donors (Lipinski definition) is 2. The summed E-state index contributed by atoms with van der Waals surface area (Å²) in [5.41, 5.74) is 0.136. The highest BCUT2D eigenvalue weighted by molar-refractivity contribution is 7.91. The predicted octanol–water partition coefficient (Wildman–Crippen LogP) is 1.74. The van der Waals surface area contributed by atoms with Gasteiger partial charge in [-0.3, -0.25) is 4.79 Å². The lowest BCUT2D eigenvalue weighted by atomic mass is 9.82. The molecule has 0 aliphatic rings. The first-order valence-electron chi connectivity index (χ1n) is 6.38. The minimum Gasteiger partial charge on any atom is -0.356 e. The van der Waals surface area contributed by atoms with Gasteiger partial charge in [0.15, 0.2) is 0 Å². The number of nitrogens with one attached hydrogen (secondary N) is 1. The summed E-state index contributed by atoms with van der Waals surface area (Å²) in [4.78, 5) is 12.5. The first-order valence-corrected chi connectivity index (χ1v) is 8.74. The van der Waals surface area contributed by atoms with E-state index in [9.17, 15) is 13.2 Å². The molecule has 0 radical (unpaired) electrons.